The Bertz CT molecular complexity index is 671. The number of piperidine rings is 1. The molecule has 0 bridgehead atoms. The highest BCUT2D eigenvalue weighted by Crippen LogP contribution is 2.35. The first-order chi connectivity index (χ1) is 12.5. The van der Waals surface area contributed by atoms with Gasteiger partial charge in [-0.05, 0) is 19.4 Å². The number of rotatable bonds is 5. The Balaban J connectivity index is 1.62. The van der Waals surface area contributed by atoms with E-state index in [1.807, 2.05) is 9.80 Å². The van der Waals surface area contributed by atoms with E-state index in [0.29, 0.717) is 43.9 Å². The summed E-state index contributed by atoms with van der Waals surface area (Å²) in [6.45, 7) is 5.96. The summed E-state index contributed by atoms with van der Waals surface area (Å²) in [5.74, 6) is 0.385. The molecule has 1 spiro atoms. The van der Waals surface area contributed by atoms with Gasteiger partial charge in [0.15, 0.2) is 0 Å². The van der Waals surface area contributed by atoms with Crippen LogP contribution >= 0.6 is 0 Å². The average molecular weight is 361 g/mol. The minimum Gasteiger partial charge on any atom is -0.481 e. The smallest absolute Gasteiger partial charge is 0.410 e. The summed E-state index contributed by atoms with van der Waals surface area (Å²) >= 11 is 0. The Labute approximate surface area is 154 Å². The van der Waals surface area contributed by atoms with Crippen LogP contribution < -0.4 is 4.74 Å². The largest absolute Gasteiger partial charge is 0.481 e. The molecule has 2 aliphatic rings. The van der Waals surface area contributed by atoms with Gasteiger partial charge in [0.05, 0.1) is 13.7 Å². The van der Waals surface area contributed by atoms with E-state index >= 15 is 0 Å². The van der Waals surface area contributed by atoms with Gasteiger partial charge in [0.25, 0.3) is 5.91 Å². The van der Waals surface area contributed by atoms with Crippen LogP contribution in [0.15, 0.2) is 18.3 Å². The molecule has 7 heteroatoms. The zero-order valence-corrected chi connectivity index (χ0v) is 15.7. The van der Waals surface area contributed by atoms with Gasteiger partial charge in [0.2, 0.25) is 5.88 Å². The molecule has 2 aliphatic heterocycles. The third-order valence-electron chi connectivity index (χ3n) is 5.39. The number of likely N-dealkylation sites (tertiary alicyclic amines) is 1. The summed E-state index contributed by atoms with van der Waals surface area (Å²) in [7, 11) is 1.53. The monoisotopic (exact) mass is 361 g/mol. The van der Waals surface area contributed by atoms with Gasteiger partial charge in [-0.2, -0.15) is 0 Å². The molecule has 0 N–H and O–H groups in total. The molecule has 2 amide bonds. The number of hydrogen-bond donors (Lipinski definition) is 0. The van der Waals surface area contributed by atoms with Gasteiger partial charge in [0, 0.05) is 49.8 Å². The molecule has 3 rings (SSSR count). The molecular weight excluding hydrogens is 334 g/mol. The molecule has 2 fully saturated rings. The summed E-state index contributed by atoms with van der Waals surface area (Å²) in [5.41, 5.74) is 0.112. The highest BCUT2D eigenvalue weighted by Gasteiger charge is 2.48. The Kier molecular flexibility index (Phi) is 5.34. The van der Waals surface area contributed by atoms with E-state index in [0.717, 1.165) is 12.8 Å². The van der Waals surface area contributed by atoms with E-state index in [4.69, 9.17) is 9.47 Å². The first-order valence-corrected chi connectivity index (χ1v) is 9.27. The van der Waals surface area contributed by atoms with Gasteiger partial charge in [-0.25, -0.2) is 9.78 Å². The molecule has 0 aromatic carbocycles. The van der Waals surface area contributed by atoms with Crippen LogP contribution in [0.2, 0.25) is 0 Å². The molecule has 1 atom stereocenters. The highest BCUT2D eigenvalue weighted by atomic mass is 16.6. The topological polar surface area (TPSA) is 72.0 Å². The Morgan fingerprint density at radius 3 is 2.81 bits per heavy atom. The quantitative estimate of drug-likeness (QED) is 0.806. The second-order valence-corrected chi connectivity index (χ2v) is 7.20. The van der Waals surface area contributed by atoms with Crippen molar-refractivity contribution in [2.24, 2.45) is 0 Å². The van der Waals surface area contributed by atoms with Crippen LogP contribution in [-0.4, -0.2) is 65.2 Å². The third-order valence-corrected chi connectivity index (χ3v) is 5.39. The fraction of sp³-hybridized carbons (Fsp3) is 0.632. The fourth-order valence-electron chi connectivity index (χ4n) is 3.77. The van der Waals surface area contributed by atoms with Gasteiger partial charge in [0.1, 0.15) is 5.60 Å². The molecule has 7 nitrogen and oxygen atoms in total. The third kappa shape index (κ3) is 3.61. The van der Waals surface area contributed by atoms with Crippen LogP contribution in [0.25, 0.3) is 0 Å². The summed E-state index contributed by atoms with van der Waals surface area (Å²) in [5, 5.41) is 0. The Hall–Kier alpha value is -2.31. The first-order valence-electron chi connectivity index (χ1n) is 9.27. The summed E-state index contributed by atoms with van der Waals surface area (Å²) in [6.07, 6.45) is 4.70. The van der Waals surface area contributed by atoms with Crippen molar-refractivity contribution in [2.75, 3.05) is 26.7 Å². The molecule has 0 saturated carbocycles. The lowest BCUT2D eigenvalue weighted by atomic mass is 9.90. The number of carbonyl (C=O) groups is 2. The van der Waals surface area contributed by atoms with Crippen LogP contribution in [0, 0.1) is 0 Å². The number of ether oxygens (including phenoxy) is 2. The number of aromatic nitrogens is 1. The summed E-state index contributed by atoms with van der Waals surface area (Å²) in [4.78, 5) is 32.7. The number of methoxy groups -OCH3 is 1. The zero-order chi connectivity index (χ0) is 18.7. The number of nitrogens with zero attached hydrogens (tertiary/aromatic N) is 3. The second-order valence-electron chi connectivity index (χ2n) is 7.20. The number of carbonyl (C=O) groups excluding carboxylic acids is 2. The van der Waals surface area contributed by atoms with Gasteiger partial charge in [-0.3, -0.25) is 4.79 Å². The molecule has 1 aromatic rings. The normalized spacial score (nSPS) is 20.2. The Morgan fingerprint density at radius 2 is 2.15 bits per heavy atom. The van der Waals surface area contributed by atoms with Crippen molar-refractivity contribution in [1.29, 1.82) is 0 Å². The van der Waals surface area contributed by atoms with Crippen molar-refractivity contribution >= 4 is 12.0 Å². The van der Waals surface area contributed by atoms with Gasteiger partial charge >= 0.3 is 6.09 Å². The molecular formula is C19H27N3O4. The lowest BCUT2D eigenvalue weighted by molar-refractivity contribution is 0.00305. The van der Waals surface area contributed by atoms with Crippen LogP contribution in [0.1, 0.15) is 49.9 Å². The van der Waals surface area contributed by atoms with E-state index in [9.17, 15) is 9.59 Å². The lowest BCUT2D eigenvalue weighted by Gasteiger charge is -2.37. The predicted octanol–water partition coefficient (Wildman–Crippen LogP) is 2.71. The fourth-order valence-corrected chi connectivity index (χ4v) is 3.77. The number of hydrogen-bond acceptors (Lipinski definition) is 5. The van der Waals surface area contributed by atoms with E-state index in [1.165, 1.54) is 7.11 Å². The zero-order valence-electron chi connectivity index (χ0n) is 15.7. The van der Waals surface area contributed by atoms with Crippen LogP contribution in [0.4, 0.5) is 4.79 Å². The lowest BCUT2D eigenvalue weighted by Crippen LogP contribution is -2.49. The van der Waals surface area contributed by atoms with Gasteiger partial charge < -0.3 is 19.3 Å². The maximum absolute atomic E-state index is 12.7. The SMILES string of the molecule is CCC[C@@H](C)N1CC2(CCN(C(=O)c3ccnc(OC)c3)CC2)OC1=O. The van der Waals surface area contributed by atoms with Crippen molar-refractivity contribution in [3.8, 4) is 5.88 Å². The standard InChI is InChI=1S/C19H27N3O4/c1-4-5-14(2)22-13-19(26-18(22)24)7-10-21(11-8-19)17(23)15-6-9-20-16(12-15)25-3/h6,9,12,14H,4-5,7-8,10-11,13H2,1-3H3/t14-/m1/s1. The average Bonchev–Trinajstić information content (AvgIpc) is 2.98. The second kappa shape index (κ2) is 7.51. The van der Waals surface area contributed by atoms with Gasteiger partial charge in [-0.1, -0.05) is 13.3 Å². The summed E-state index contributed by atoms with van der Waals surface area (Å²) in [6, 6.07) is 3.53. The van der Waals surface area contributed by atoms with Crippen molar-refractivity contribution in [1.82, 2.24) is 14.8 Å². The van der Waals surface area contributed by atoms with E-state index in [2.05, 4.69) is 18.8 Å². The summed E-state index contributed by atoms with van der Waals surface area (Å²) < 4.78 is 10.8. The molecule has 0 aliphatic carbocycles. The molecule has 3 heterocycles. The van der Waals surface area contributed by atoms with Crippen LogP contribution in [0.5, 0.6) is 5.88 Å². The van der Waals surface area contributed by atoms with Crippen molar-refractivity contribution < 1.29 is 19.1 Å². The molecule has 0 unspecified atom stereocenters. The minimum absolute atomic E-state index is 0.0407. The predicted molar refractivity (Wildman–Crippen MR) is 96.2 cm³/mol. The maximum atomic E-state index is 12.7. The molecule has 26 heavy (non-hydrogen) atoms. The van der Waals surface area contributed by atoms with Crippen molar-refractivity contribution in [3.05, 3.63) is 23.9 Å². The van der Waals surface area contributed by atoms with E-state index in [1.54, 1.807) is 18.3 Å². The molecule has 0 radical (unpaired) electrons. The Morgan fingerprint density at radius 1 is 1.42 bits per heavy atom. The van der Waals surface area contributed by atoms with Crippen LogP contribution in [0.3, 0.4) is 0 Å². The first kappa shape index (κ1) is 18.5. The molecule has 2 saturated heterocycles. The van der Waals surface area contributed by atoms with E-state index in [-0.39, 0.29) is 18.0 Å². The number of amides is 2. The molecule has 142 valence electrons. The molecule has 1 aromatic heterocycles. The minimum atomic E-state index is -0.453. The number of pyridine rings is 1. The van der Waals surface area contributed by atoms with Crippen molar-refractivity contribution in [3.63, 3.8) is 0 Å². The maximum Gasteiger partial charge on any atom is 0.410 e. The van der Waals surface area contributed by atoms with Crippen LogP contribution in [-0.2, 0) is 4.74 Å². The highest BCUT2D eigenvalue weighted by molar-refractivity contribution is 5.94. The van der Waals surface area contributed by atoms with Gasteiger partial charge in [-0.15, -0.1) is 0 Å². The van der Waals surface area contributed by atoms with Crippen molar-refractivity contribution in [2.45, 2.75) is 51.2 Å². The van der Waals surface area contributed by atoms with E-state index < -0.39 is 5.60 Å².